The van der Waals surface area contributed by atoms with Crippen molar-refractivity contribution in [2.75, 3.05) is 19.1 Å². The number of nitrogens with zero attached hydrogens (tertiary/aromatic N) is 2. The van der Waals surface area contributed by atoms with E-state index in [0.717, 1.165) is 8.68 Å². The SMILES string of the molecule is COC(=O)C(C)(C)CSc1nnc(SC)s1. The molecule has 0 aliphatic rings. The maximum absolute atomic E-state index is 11.4. The van der Waals surface area contributed by atoms with Crippen LogP contribution in [0.15, 0.2) is 8.68 Å². The van der Waals surface area contributed by atoms with E-state index in [0.29, 0.717) is 5.75 Å². The van der Waals surface area contributed by atoms with Crippen LogP contribution in [0.5, 0.6) is 0 Å². The van der Waals surface area contributed by atoms with Gasteiger partial charge in [-0.3, -0.25) is 4.79 Å². The number of thioether (sulfide) groups is 2. The Balaban J connectivity index is 2.53. The molecule has 0 atom stereocenters. The minimum absolute atomic E-state index is 0.199. The third-order valence-corrected chi connectivity index (χ3v) is 5.35. The van der Waals surface area contributed by atoms with E-state index >= 15 is 0 Å². The normalized spacial score (nSPS) is 11.5. The molecule has 0 radical (unpaired) electrons. The second-order valence-corrected chi connectivity index (χ2v) is 6.96. The van der Waals surface area contributed by atoms with Crippen LogP contribution in [0.1, 0.15) is 13.8 Å². The highest BCUT2D eigenvalue weighted by molar-refractivity contribution is 8.03. The van der Waals surface area contributed by atoms with E-state index in [1.165, 1.54) is 18.9 Å². The molecule has 0 N–H and O–H groups in total. The molecule has 1 heterocycles. The zero-order valence-electron chi connectivity index (χ0n) is 9.64. The van der Waals surface area contributed by atoms with Gasteiger partial charge < -0.3 is 4.74 Å². The summed E-state index contributed by atoms with van der Waals surface area (Å²) in [7, 11) is 1.41. The number of carbonyl (C=O) groups excluding carboxylic acids is 1. The topological polar surface area (TPSA) is 52.1 Å². The van der Waals surface area contributed by atoms with Gasteiger partial charge >= 0.3 is 5.97 Å². The van der Waals surface area contributed by atoms with E-state index in [2.05, 4.69) is 10.2 Å². The quantitative estimate of drug-likeness (QED) is 0.609. The smallest absolute Gasteiger partial charge is 0.312 e. The van der Waals surface area contributed by atoms with Gasteiger partial charge in [0.05, 0.1) is 12.5 Å². The highest BCUT2D eigenvalue weighted by Crippen LogP contribution is 2.32. The van der Waals surface area contributed by atoms with Crippen LogP contribution in [0.25, 0.3) is 0 Å². The van der Waals surface area contributed by atoms with Crippen molar-refractivity contribution >= 4 is 40.8 Å². The predicted molar refractivity (Wildman–Crippen MR) is 68.2 cm³/mol. The maximum atomic E-state index is 11.4. The summed E-state index contributed by atoms with van der Waals surface area (Å²) in [4.78, 5) is 11.4. The van der Waals surface area contributed by atoms with Crippen molar-refractivity contribution in [3.05, 3.63) is 0 Å². The summed E-state index contributed by atoms with van der Waals surface area (Å²) in [6, 6.07) is 0. The van der Waals surface area contributed by atoms with Crippen LogP contribution >= 0.6 is 34.9 Å². The Morgan fingerprint density at radius 2 is 2.06 bits per heavy atom. The summed E-state index contributed by atoms with van der Waals surface area (Å²) >= 11 is 4.66. The van der Waals surface area contributed by atoms with Crippen LogP contribution in [-0.4, -0.2) is 35.3 Å². The monoisotopic (exact) mass is 278 g/mol. The minimum atomic E-state index is -0.495. The summed E-state index contributed by atoms with van der Waals surface area (Å²) in [6.45, 7) is 3.73. The maximum Gasteiger partial charge on any atom is 0.312 e. The van der Waals surface area contributed by atoms with E-state index in [1.54, 1.807) is 23.1 Å². The van der Waals surface area contributed by atoms with Crippen molar-refractivity contribution in [1.82, 2.24) is 10.2 Å². The lowest BCUT2D eigenvalue weighted by Crippen LogP contribution is -2.28. The number of methoxy groups -OCH3 is 1. The number of aromatic nitrogens is 2. The number of carbonyl (C=O) groups is 1. The molecular formula is C9H14N2O2S3. The number of esters is 1. The third kappa shape index (κ3) is 3.64. The van der Waals surface area contributed by atoms with Gasteiger partial charge in [0, 0.05) is 5.75 Å². The highest BCUT2D eigenvalue weighted by Gasteiger charge is 2.29. The molecule has 0 aliphatic carbocycles. The molecule has 0 fully saturated rings. The van der Waals surface area contributed by atoms with E-state index < -0.39 is 5.41 Å². The van der Waals surface area contributed by atoms with Crippen LogP contribution in [-0.2, 0) is 9.53 Å². The summed E-state index contributed by atoms with van der Waals surface area (Å²) in [5, 5.41) is 8.03. The lowest BCUT2D eigenvalue weighted by Gasteiger charge is -2.19. The molecule has 0 aromatic carbocycles. The van der Waals surface area contributed by atoms with Crippen molar-refractivity contribution in [3.63, 3.8) is 0 Å². The molecule has 1 rings (SSSR count). The van der Waals surface area contributed by atoms with Crippen LogP contribution < -0.4 is 0 Å². The van der Waals surface area contributed by atoms with Gasteiger partial charge in [-0.2, -0.15) is 0 Å². The largest absolute Gasteiger partial charge is 0.469 e. The number of hydrogen-bond donors (Lipinski definition) is 0. The fourth-order valence-electron chi connectivity index (χ4n) is 0.915. The van der Waals surface area contributed by atoms with Crippen LogP contribution in [0.3, 0.4) is 0 Å². The zero-order valence-corrected chi connectivity index (χ0v) is 12.1. The first-order valence-corrected chi connectivity index (χ1v) is 7.61. The first-order valence-electron chi connectivity index (χ1n) is 4.58. The van der Waals surface area contributed by atoms with Crippen LogP contribution in [0.2, 0.25) is 0 Å². The van der Waals surface area contributed by atoms with E-state index in [-0.39, 0.29) is 5.97 Å². The molecule has 0 saturated heterocycles. The highest BCUT2D eigenvalue weighted by atomic mass is 32.2. The fourth-order valence-corrected chi connectivity index (χ4v) is 3.43. The lowest BCUT2D eigenvalue weighted by molar-refractivity contribution is -0.149. The summed E-state index contributed by atoms with van der Waals surface area (Å²) in [6.07, 6.45) is 1.97. The van der Waals surface area contributed by atoms with E-state index in [4.69, 9.17) is 4.74 Å². The molecule has 1 aromatic heterocycles. The van der Waals surface area contributed by atoms with Gasteiger partial charge in [0.25, 0.3) is 0 Å². The number of hydrogen-bond acceptors (Lipinski definition) is 7. The molecular weight excluding hydrogens is 264 g/mol. The minimum Gasteiger partial charge on any atom is -0.469 e. The van der Waals surface area contributed by atoms with Crippen LogP contribution in [0.4, 0.5) is 0 Å². The number of rotatable bonds is 5. The average molecular weight is 278 g/mol. The molecule has 0 bridgehead atoms. The predicted octanol–water partition coefficient (Wildman–Crippen LogP) is 2.55. The zero-order chi connectivity index (χ0) is 12.2. The van der Waals surface area contributed by atoms with Crippen molar-refractivity contribution < 1.29 is 9.53 Å². The van der Waals surface area contributed by atoms with Gasteiger partial charge in [-0.15, -0.1) is 10.2 Å². The molecule has 7 heteroatoms. The Morgan fingerprint density at radius 1 is 1.44 bits per heavy atom. The molecule has 1 aromatic rings. The second-order valence-electron chi connectivity index (χ2n) is 3.70. The average Bonchev–Trinajstić information content (AvgIpc) is 2.73. The Bertz CT molecular complexity index is 365. The Morgan fingerprint density at radius 3 is 2.56 bits per heavy atom. The van der Waals surface area contributed by atoms with Gasteiger partial charge in [-0.1, -0.05) is 34.9 Å². The Labute approximate surface area is 108 Å². The molecule has 0 amide bonds. The molecule has 16 heavy (non-hydrogen) atoms. The summed E-state index contributed by atoms with van der Waals surface area (Å²) < 4.78 is 6.57. The van der Waals surface area contributed by atoms with Crippen molar-refractivity contribution in [2.24, 2.45) is 5.41 Å². The molecule has 0 unspecified atom stereocenters. The molecule has 0 spiro atoms. The van der Waals surface area contributed by atoms with Gasteiger partial charge in [-0.05, 0) is 20.1 Å². The van der Waals surface area contributed by atoms with Gasteiger partial charge in [0.1, 0.15) is 0 Å². The standard InChI is InChI=1S/C9H14N2O2S3/c1-9(2,6(12)13-3)5-15-8-11-10-7(14-4)16-8/h5H2,1-4H3. The van der Waals surface area contributed by atoms with E-state index in [1.807, 2.05) is 20.1 Å². The van der Waals surface area contributed by atoms with Gasteiger partial charge in [0.15, 0.2) is 8.68 Å². The summed E-state index contributed by atoms with van der Waals surface area (Å²) in [5.74, 6) is 0.442. The van der Waals surface area contributed by atoms with Gasteiger partial charge in [0.2, 0.25) is 0 Å². The fraction of sp³-hybridized carbons (Fsp3) is 0.667. The van der Waals surface area contributed by atoms with Crippen molar-refractivity contribution in [1.29, 1.82) is 0 Å². The number of ether oxygens (including phenoxy) is 1. The molecule has 0 aliphatic heterocycles. The van der Waals surface area contributed by atoms with Crippen LogP contribution in [0, 0.1) is 5.41 Å². The first kappa shape index (κ1) is 13.8. The van der Waals surface area contributed by atoms with E-state index in [9.17, 15) is 4.79 Å². The molecule has 0 saturated carbocycles. The Hall–Kier alpha value is -0.270. The van der Waals surface area contributed by atoms with Crippen molar-refractivity contribution in [2.45, 2.75) is 22.5 Å². The molecule has 90 valence electrons. The summed E-state index contributed by atoms with van der Waals surface area (Å²) in [5.41, 5.74) is -0.495. The Kier molecular flexibility index (Phi) is 5.07. The third-order valence-electron chi connectivity index (χ3n) is 1.86. The lowest BCUT2D eigenvalue weighted by atomic mass is 9.97. The van der Waals surface area contributed by atoms with Crippen molar-refractivity contribution in [3.8, 4) is 0 Å². The second kappa shape index (κ2) is 5.88. The first-order chi connectivity index (χ1) is 7.49. The molecule has 4 nitrogen and oxygen atoms in total. The van der Waals surface area contributed by atoms with Gasteiger partial charge in [-0.25, -0.2) is 0 Å².